The molecule has 0 aliphatic heterocycles. The van der Waals surface area contributed by atoms with Crippen molar-refractivity contribution in [3.63, 3.8) is 0 Å². The molecule has 1 heterocycles. The van der Waals surface area contributed by atoms with E-state index in [1.54, 1.807) is 0 Å². The summed E-state index contributed by atoms with van der Waals surface area (Å²) in [6, 6.07) is 0. The highest BCUT2D eigenvalue weighted by Crippen LogP contribution is 2.16. The first-order valence-corrected chi connectivity index (χ1v) is 5.63. The molecule has 18 heavy (non-hydrogen) atoms. The molecule has 1 aromatic rings. The fraction of sp³-hybridized carbons (Fsp3) is 0.500. The molecule has 0 bridgehead atoms. The Morgan fingerprint density at radius 2 is 1.78 bits per heavy atom. The summed E-state index contributed by atoms with van der Waals surface area (Å²) in [5.74, 6) is -1.51. The van der Waals surface area contributed by atoms with Gasteiger partial charge in [-0.25, -0.2) is 14.8 Å². The molecule has 6 nitrogen and oxygen atoms in total. The largest absolute Gasteiger partial charge is 0.476 e. The first-order chi connectivity index (χ1) is 8.29. The van der Waals surface area contributed by atoms with Crippen LogP contribution in [-0.4, -0.2) is 33.5 Å². The third kappa shape index (κ3) is 4.48. The second-order valence-corrected chi connectivity index (χ2v) is 5.16. The van der Waals surface area contributed by atoms with Gasteiger partial charge in [0.1, 0.15) is 5.69 Å². The molecule has 2 N–H and O–H groups in total. The zero-order valence-electron chi connectivity index (χ0n) is 10.7. The van der Waals surface area contributed by atoms with Crippen molar-refractivity contribution in [1.82, 2.24) is 15.3 Å². The van der Waals surface area contributed by atoms with E-state index >= 15 is 0 Å². The van der Waals surface area contributed by atoms with E-state index < -0.39 is 5.97 Å². The second kappa shape index (κ2) is 5.57. The Bertz CT molecular complexity index is 435. The number of nitrogens with one attached hydrogen (secondary N) is 1. The summed E-state index contributed by atoms with van der Waals surface area (Å²) in [6.07, 6.45) is 3.08. The van der Waals surface area contributed by atoms with Crippen LogP contribution in [0.5, 0.6) is 0 Å². The van der Waals surface area contributed by atoms with Crippen molar-refractivity contribution in [3.8, 4) is 0 Å². The minimum Gasteiger partial charge on any atom is -0.476 e. The van der Waals surface area contributed by atoms with E-state index in [4.69, 9.17) is 5.11 Å². The van der Waals surface area contributed by atoms with E-state index in [2.05, 4.69) is 36.1 Å². The van der Waals surface area contributed by atoms with Gasteiger partial charge >= 0.3 is 5.97 Å². The number of carboxylic acids is 1. The van der Waals surface area contributed by atoms with E-state index in [-0.39, 0.29) is 22.7 Å². The van der Waals surface area contributed by atoms with Gasteiger partial charge in [-0.1, -0.05) is 20.8 Å². The van der Waals surface area contributed by atoms with Crippen LogP contribution in [0.1, 0.15) is 48.2 Å². The molecule has 0 saturated carbocycles. The summed E-state index contributed by atoms with van der Waals surface area (Å²) in [5.41, 5.74) is 0.0849. The minimum absolute atomic E-state index is 0.119. The van der Waals surface area contributed by atoms with Crippen molar-refractivity contribution in [3.05, 3.63) is 23.8 Å². The summed E-state index contributed by atoms with van der Waals surface area (Å²) >= 11 is 0. The molecular weight excluding hydrogens is 234 g/mol. The molecule has 6 heteroatoms. The van der Waals surface area contributed by atoms with Crippen molar-refractivity contribution in [1.29, 1.82) is 0 Å². The summed E-state index contributed by atoms with van der Waals surface area (Å²) in [4.78, 5) is 29.6. The Balaban J connectivity index is 2.54. The number of aromatic nitrogens is 2. The highest BCUT2D eigenvalue weighted by molar-refractivity contribution is 5.92. The zero-order valence-corrected chi connectivity index (χ0v) is 10.7. The molecule has 1 rings (SSSR count). The van der Waals surface area contributed by atoms with Gasteiger partial charge in [-0.3, -0.25) is 4.79 Å². The maximum atomic E-state index is 11.7. The van der Waals surface area contributed by atoms with Crippen molar-refractivity contribution >= 4 is 11.9 Å². The van der Waals surface area contributed by atoms with Crippen molar-refractivity contribution in [2.24, 2.45) is 5.41 Å². The van der Waals surface area contributed by atoms with Gasteiger partial charge in [-0.05, 0) is 11.8 Å². The minimum atomic E-state index is -1.16. The summed E-state index contributed by atoms with van der Waals surface area (Å²) < 4.78 is 0. The summed E-state index contributed by atoms with van der Waals surface area (Å²) in [7, 11) is 0. The van der Waals surface area contributed by atoms with Gasteiger partial charge in [0, 0.05) is 6.54 Å². The molecule has 0 unspecified atom stereocenters. The van der Waals surface area contributed by atoms with E-state index in [0.717, 1.165) is 18.8 Å². The average Bonchev–Trinajstić information content (AvgIpc) is 2.27. The number of hydrogen-bond donors (Lipinski definition) is 2. The number of rotatable bonds is 4. The Kier molecular flexibility index (Phi) is 4.36. The summed E-state index contributed by atoms with van der Waals surface area (Å²) in [6.45, 7) is 6.80. The van der Waals surface area contributed by atoms with Gasteiger partial charge in [-0.15, -0.1) is 0 Å². The predicted octanol–water partition coefficient (Wildman–Crippen LogP) is 1.34. The number of nitrogens with zero attached hydrogens (tertiary/aromatic N) is 2. The molecule has 0 saturated heterocycles. The van der Waals surface area contributed by atoms with Gasteiger partial charge in [-0.2, -0.15) is 0 Å². The first-order valence-electron chi connectivity index (χ1n) is 5.63. The first kappa shape index (κ1) is 14.1. The molecule has 0 fully saturated rings. The highest BCUT2D eigenvalue weighted by Gasteiger charge is 2.13. The maximum absolute atomic E-state index is 11.7. The molecule has 0 atom stereocenters. The van der Waals surface area contributed by atoms with Crippen LogP contribution in [0.4, 0.5) is 0 Å². The second-order valence-electron chi connectivity index (χ2n) is 5.16. The monoisotopic (exact) mass is 251 g/mol. The highest BCUT2D eigenvalue weighted by atomic mass is 16.4. The van der Waals surface area contributed by atoms with E-state index in [0.29, 0.717) is 6.54 Å². The van der Waals surface area contributed by atoms with Crippen LogP contribution in [0.25, 0.3) is 0 Å². The van der Waals surface area contributed by atoms with Crippen molar-refractivity contribution in [2.45, 2.75) is 27.2 Å². The Labute approximate surface area is 105 Å². The number of aromatic carboxylic acids is 1. The van der Waals surface area contributed by atoms with Crippen LogP contribution in [0.15, 0.2) is 12.4 Å². The molecule has 0 aromatic carbocycles. The van der Waals surface area contributed by atoms with Crippen molar-refractivity contribution in [2.75, 3.05) is 6.54 Å². The van der Waals surface area contributed by atoms with Crippen LogP contribution < -0.4 is 5.32 Å². The fourth-order valence-electron chi connectivity index (χ4n) is 1.20. The van der Waals surface area contributed by atoms with Gasteiger partial charge < -0.3 is 10.4 Å². The molecule has 98 valence electrons. The Morgan fingerprint density at radius 1 is 1.22 bits per heavy atom. The topological polar surface area (TPSA) is 92.2 Å². The van der Waals surface area contributed by atoms with Crippen molar-refractivity contribution < 1.29 is 14.7 Å². The number of amides is 1. The lowest BCUT2D eigenvalue weighted by atomic mass is 9.92. The van der Waals surface area contributed by atoms with Crippen LogP contribution in [-0.2, 0) is 0 Å². The van der Waals surface area contributed by atoms with Crippen LogP contribution >= 0.6 is 0 Å². The average molecular weight is 251 g/mol. The summed E-state index contributed by atoms with van der Waals surface area (Å²) in [5, 5.41) is 11.4. The molecule has 0 radical (unpaired) electrons. The van der Waals surface area contributed by atoms with E-state index in [1.807, 2.05) is 0 Å². The normalized spacial score (nSPS) is 11.1. The number of carbonyl (C=O) groups is 2. The predicted molar refractivity (Wildman–Crippen MR) is 65.4 cm³/mol. The molecule has 1 amide bonds. The van der Waals surface area contributed by atoms with Gasteiger partial charge in [0.05, 0.1) is 12.4 Å². The third-order valence-corrected chi connectivity index (χ3v) is 2.26. The lowest BCUT2D eigenvalue weighted by Crippen LogP contribution is -2.28. The molecular formula is C12H17N3O3. The Morgan fingerprint density at radius 3 is 2.22 bits per heavy atom. The number of carboxylic acid groups (broad SMARTS) is 1. The maximum Gasteiger partial charge on any atom is 0.356 e. The van der Waals surface area contributed by atoms with Gasteiger partial charge in [0.15, 0.2) is 5.69 Å². The standard InChI is InChI=1S/C12H17N3O3/c1-12(2,3)4-5-13-10(16)8-6-15-9(7-14-8)11(17)18/h6-7H,4-5H2,1-3H3,(H,13,16)(H,17,18). The van der Waals surface area contributed by atoms with Crippen LogP contribution in [0, 0.1) is 5.41 Å². The fourth-order valence-corrected chi connectivity index (χ4v) is 1.20. The van der Waals surface area contributed by atoms with Crippen LogP contribution in [0.3, 0.4) is 0 Å². The van der Waals surface area contributed by atoms with Gasteiger partial charge in [0.25, 0.3) is 5.91 Å². The lowest BCUT2D eigenvalue weighted by molar-refractivity contribution is 0.0689. The van der Waals surface area contributed by atoms with Crippen LogP contribution in [0.2, 0.25) is 0 Å². The van der Waals surface area contributed by atoms with E-state index in [9.17, 15) is 9.59 Å². The Hall–Kier alpha value is -1.98. The smallest absolute Gasteiger partial charge is 0.356 e. The quantitative estimate of drug-likeness (QED) is 0.842. The number of carbonyl (C=O) groups excluding carboxylic acids is 1. The molecule has 0 spiro atoms. The van der Waals surface area contributed by atoms with E-state index in [1.165, 1.54) is 0 Å². The molecule has 1 aromatic heterocycles. The molecule has 0 aliphatic carbocycles. The SMILES string of the molecule is CC(C)(C)CCNC(=O)c1cnc(C(=O)O)cn1. The molecule has 0 aliphatic rings. The lowest BCUT2D eigenvalue weighted by Gasteiger charge is -2.17. The number of hydrogen-bond acceptors (Lipinski definition) is 4. The van der Waals surface area contributed by atoms with Gasteiger partial charge in [0.2, 0.25) is 0 Å². The zero-order chi connectivity index (χ0) is 13.8. The third-order valence-electron chi connectivity index (χ3n) is 2.26.